The van der Waals surface area contributed by atoms with Crippen LogP contribution in [0.3, 0.4) is 0 Å². The fraction of sp³-hybridized carbons (Fsp3) is 0.0870. The maximum Gasteiger partial charge on any atom is 0.340 e. The van der Waals surface area contributed by atoms with Gasteiger partial charge in [-0.05, 0) is 30.2 Å². The van der Waals surface area contributed by atoms with Crippen LogP contribution in [-0.4, -0.2) is 12.6 Å². The Bertz CT molecular complexity index is 872. The van der Waals surface area contributed by atoms with Gasteiger partial charge in [-0.25, -0.2) is 4.79 Å². The lowest BCUT2D eigenvalue weighted by Gasteiger charge is -2.17. The van der Waals surface area contributed by atoms with Gasteiger partial charge in [-0.1, -0.05) is 78.9 Å². The van der Waals surface area contributed by atoms with E-state index in [0.717, 1.165) is 22.5 Å². The van der Waals surface area contributed by atoms with Crippen molar-refractivity contribution in [1.29, 1.82) is 0 Å². The van der Waals surface area contributed by atoms with Gasteiger partial charge in [0.05, 0.1) is 17.9 Å². The van der Waals surface area contributed by atoms with E-state index in [-0.39, 0.29) is 5.97 Å². The minimum absolute atomic E-state index is 0.322. The summed E-state index contributed by atoms with van der Waals surface area (Å²) in [7, 11) is 0. The Kier molecular flexibility index (Phi) is 5.84. The summed E-state index contributed by atoms with van der Waals surface area (Å²) in [4.78, 5) is 12.8. The van der Waals surface area contributed by atoms with Gasteiger partial charge in [0, 0.05) is 5.69 Å². The molecule has 0 unspecified atom stereocenters. The molecular weight excluding hydrogens is 322 g/mol. The minimum atomic E-state index is -0.346. The average molecular weight is 343 g/mol. The summed E-state index contributed by atoms with van der Waals surface area (Å²) >= 11 is 0. The smallest absolute Gasteiger partial charge is 0.340 e. The molecule has 3 aromatic rings. The highest BCUT2D eigenvalue weighted by atomic mass is 16.5. The molecule has 0 amide bonds. The van der Waals surface area contributed by atoms with Gasteiger partial charge >= 0.3 is 5.97 Å². The van der Waals surface area contributed by atoms with E-state index in [0.29, 0.717) is 12.2 Å². The van der Waals surface area contributed by atoms with Crippen molar-refractivity contribution >= 4 is 22.9 Å². The molecule has 3 rings (SSSR count). The SMILES string of the molecule is CCOC(=O)/C(=C(/Nc1ccccc1)c1ccccc1)c1ccccc1. The first-order chi connectivity index (χ1) is 12.8. The molecule has 130 valence electrons. The molecule has 3 heteroatoms. The Morgan fingerprint density at radius 3 is 1.81 bits per heavy atom. The fourth-order valence-corrected chi connectivity index (χ4v) is 2.72. The number of esters is 1. The molecule has 3 aromatic carbocycles. The summed E-state index contributed by atoms with van der Waals surface area (Å²) in [5.74, 6) is -0.346. The first kappa shape index (κ1) is 17.5. The summed E-state index contributed by atoms with van der Waals surface area (Å²) in [6.07, 6.45) is 0. The molecule has 0 saturated carbocycles. The Morgan fingerprint density at radius 1 is 0.769 bits per heavy atom. The highest BCUT2D eigenvalue weighted by Crippen LogP contribution is 2.29. The highest BCUT2D eigenvalue weighted by Gasteiger charge is 2.20. The minimum Gasteiger partial charge on any atom is -0.462 e. The lowest BCUT2D eigenvalue weighted by atomic mass is 9.99. The molecule has 0 spiro atoms. The zero-order valence-electron chi connectivity index (χ0n) is 14.7. The molecule has 0 radical (unpaired) electrons. The predicted molar refractivity (Wildman–Crippen MR) is 106 cm³/mol. The normalized spacial score (nSPS) is 11.4. The van der Waals surface area contributed by atoms with Crippen molar-refractivity contribution in [3.8, 4) is 0 Å². The Morgan fingerprint density at radius 2 is 1.27 bits per heavy atom. The van der Waals surface area contributed by atoms with Crippen molar-refractivity contribution < 1.29 is 9.53 Å². The van der Waals surface area contributed by atoms with Crippen molar-refractivity contribution in [2.24, 2.45) is 0 Å². The predicted octanol–water partition coefficient (Wildman–Crippen LogP) is 5.23. The Labute approximate surface area is 154 Å². The molecule has 1 N–H and O–H groups in total. The third-order valence-electron chi connectivity index (χ3n) is 3.90. The summed E-state index contributed by atoms with van der Waals surface area (Å²) in [6, 6.07) is 29.2. The van der Waals surface area contributed by atoms with Gasteiger partial charge in [-0.15, -0.1) is 0 Å². The van der Waals surface area contributed by atoms with Gasteiger partial charge in [-0.2, -0.15) is 0 Å². The Hall–Kier alpha value is -3.33. The zero-order chi connectivity index (χ0) is 18.2. The van der Waals surface area contributed by atoms with Crippen LogP contribution in [0.2, 0.25) is 0 Å². The molecule has 26 heavy (non-hydrogen) atoms. The molecule has 0 heterocycles. The van der Waals surface area contributed by atoms with E-state index in [2.05, 4.69) is 5.32 Å². The number of hydrogen-bond acceptors (Lipinski definition) is 3. The van der Waals surface area contributed by atoms with Gasteiger partial charge in [0.2, 0.25) is 0 Å². The van der Waals surface area contributed by atoms with Crippen LogP contribution in [0.5, 0.6) is 0 Å². The second-order valence-electron chi connectivity index (χ2n) is 5.69. The standard InChI is InChI=1S/C23H21NO2/c1-2-26-23(25)21(18-12-6-3-7-13-18)22(19-14-8-4-9-15-19)24-20-16-10-5-11-17-20/h3-17,24H,2H2,1H3/b22-21+. The lowest BCUT2D eigenvalue weighted by molar-refractivity contribution is -0.136. The van der Waals surface area contributed by atoms with Crippen molar-refractivity contribution in [3.05, 3.63) is 102 Å². The van der Waals surface area contributed by atoms with Crippen LogP contribution in [-0.2, 0) is 9.53 Å². The summed E-state index contributed by atoms with van der Waals surface area (Å²) in [6.45, 7) is 2.13. The monoisotopic (exact) mass is 343 g/mol. The van der Waals surface area contributed by atoms with Crippen LogP contribution >= 0.6 is 0 Å². The van der Waals surface area contributed by atoms with E-state index in [1.165, 1.54) is 0 Å². The average Bonchev–Trinajstić information content (AvgIpc) is 2.70. The molecule has 0 atom stereocenters. The quantitative estimate of drug-likeness (QED) is 0.378. The van der Waals surface area contributed by atoms with Gasteiger partial charge in [0.25, 0.3) is 0 Å². The molecule has 0 aliphatic carbocycles. The molecule has 0 fully saturated rings. The van der Waals surface area contributed by atoms with E-state index in [9.17, 15) is 4.79 Å². The molecule has 0 aromatic heterocycles. The van der Waals surface area contributed by atoms with Crippen molar-refractivity contribution in [2.75, 3.05) is 11.9 Å². The largest absolute Gasteiger partial charge is 0.462 e. The lowest BCUT2D eigenvalue weighted by Crippen LogP contribution is -2.13. The summed E-state index contributed by atoms with van der Waals surface area (Å²) in [5.41, 5.74) is 3.88. The molecule has 0 aliphatic rings. The Balaban J connectivity index is 2.20. The first-order valence-corrected chi connectivity index (χ1v) is 8.64. The molecule has 0 saturated heterocycles. The summed E-state index contributed by atoms with van der Waals surface area (Å²) < 4.78 is 5.36. The molecule has 0 bridgehead atoms. The van der Waals surface area contributed by atoms with E-state index in [1.807, 2.05) is 97.9 Å². The van der Waals surface area contributed by atoms with Crippen LogP contribution in [0.4, 0.5) is 5.69 Å². The number of hydrogen-bond donors (Lipinski definition) is 1. The van der Waals surface area contributed by atoms with E-state index in [4.69, 9.17) is 4.74 Å². The molecule has 0 aliphatic heterocycles. The number of benzene rings is 3. The maximum absolute atomic E-state index is 12.8. The number of ether oxygens (including phenoxy) is 1. The van der Waals surface area contributed by atoms with Crippen molar-refractivity contribution in [3.63, 3.8) is 0 Å². The first-order valence-electron chi connectivity index (χ1n) is 8.64. The number of anilines is 1. The number of rotatable bonds is 6. The second kappa shape index (κ2) is 8.67. The van der Waals surface area contributed by atoms with E-state index < -0.39 is 0 Å². The summed E-state index contributed by atoms with van der Waals surface area (Å²) in [5, 5.41) is 3.41. The molecule has 3 nitrogen and oxygen atoms in total. The van der Waals surface area contributed by atoms with Crippen LogP contribution in [0.25, 0.3) is 11.3 Å². The van der Waals surface area contributed by atoms with Crippen LogP contribution in [0.15, 0.2) is 91.0 Å². The number of nitrogens with one attached hydrogen (secondary N) is 1. The van der Waals surface area contributed by atoms with E-state index >= 15 is 0 Å². The van der Waals surface area contributed by atoms with Crippen molar-refractivity contribution in [1.82, 2.24) is 0 Å². The molecular formula is C23H21NO2. The highest BCUT2D eigenvalue weighted by molar-refractivity contribution is 6.25. The van der Waals surface area contributed by atoms with Gasteiger partial charge < -0.3 is 10.1 Å². The van der Waals surface area contributed by atoms with Gasteiger partial charge in [0.15, 0.2) is 0 Å². The number of carbonyl (C=O) groups is 1. The number of para-hydroxylation sites is 1. The van der Waals surface area contributed by atoms with E-state index in [1.54, 1.807) is 0 Å². The second-order valence-corrected chi connectivity index (χ2v) is 5.69. The zero-order valence-corrected chi connectivity index (χ0v) is 14.7. The fourth-order valence-electron chi connectivity index (χ4n) is 2.72. The number of carbonyl (C=O) groups excluding carboxylic acids is 1. The van der Waals surface area contributed by atoms with Crippen LogP contribution < -0.4 is 5.32 Å². The third-order valence-corrected chi connectivity index (χ3v) is 3.90. The van der Waals surface area contributed by atoms with Crippen LogP contribution in [0.1, 0.15) is 18.1 Å². The van der Waals surface area contributed by atoms with Crippen molar-refractivity contribution in [2.45, 2.75) is 6.92 Å². The van der Waals surface area contributed by atoms with Crippen LogP contribution in [0, 0.1) is 0 Å². The topological polar surface area (TPSA) is 38.3 Å². The maximum atomic E-state index is 12.8. The third kappa shape index (κ3) is 4.19. The van der Waals surface area contributed by atoms with Gasteiger partial charge in [0.1, 0.15) is 0 Å². The van der Waals surface area contributed by atoms with Gasteiger partial charge in [-0.3, -0.25) is 0 Å².